The second-order valence-corrected chi connectivity index (χ2v) is 7.39. The molecule has 0 atom stereocenters. The number of anilines is 1. The second kappa shape index (κ2) is 7.28. The first-order chi connectivity index (χ1) is 12.3. The number of thiophene rings is 1. The lowest BCUT2D eigenvalue weighted by Gasteiger charge is -2.34. The highest BCUT2D eigenvalue weighted by Gasteiger charge is 2.23. The Labute approximate surface area is 153 Å². The Kier molecular flexibility index (Phi) is 4.71. The van der Waals surface area contributed by atoms with Gasteiger partial charge in [-0.15, -0.1) is 11.3 Å². The van der Waals surface area contributed by atoms with Gasteiger partial charge in [-0.05, 0) is 17.5 Å². The Morgan fingerprint density at radius 3 is 2.64 bits per heavy atom. The summed E-state index contributed by atoms with van der Waals surface area (Å²) in [5.74, 6) is 0.866. The van der Waals surface area contributed by atoms with E-state index in [9.17, 15) is 4.79 Å². The monoisotopic (exact) mass is 371 g/mol. The molecule has 3 aromatic rings. The van der Waals surface area contributed by atoms with Gasteiger partial charge in [0, 0.05) is 54.9 Å². The molecule has 1 fully saturated rings. The Hall–Kier alpha value is -2.32. The van der Waals surface area contributed by atoms with Crippen LogP contribution in [0, 0.1) is 0 Å². The number of amides is 1. The maximum absolute atomic E-state index is 12.5. The molecule has 0 aromatic carbocycles. The molecule has 0 spiro atoms. The van der Waals surface area contributed by atoms with Crippen LogP contribution in [0.1, 0.15) is 5.69 Å². The molecule has 6 nitrogen and oxygen atoms in total. The van der Waals surface area contributed by atoms with Crippen LogP contribution in [0.15, 0.2) is 40.7 Å². The summed E-state index contributed by atoms with van der Waals surface area (Å²) in [5.41, 5.74) is 1.98. The lowest BCUT2D eigenvalue weighted by atomic mass is 10.2. The van der Waals surface area contributed by atoms with Crippen molar-refractivity contribution >= 4 is 34.5 Å². The first-order valence-corrected chi connectivity index (χ1v) is 9.88. The average Bonchev–Trinajstić information content (AvgIpc) is 3.34. The standard InChI is InChI=1S/C17H17N5OS2/c23-15(10-14-12-25-16(20-14)13-2-9-24-11-13)21-5-7-22(8-6-21)17-18-3-1-4-19-17/h1-4,9,11-12H,5-8,10H2. The fraction of sp³-hybridized carbons (Fsp3) is 0.294. The summed E-state index contributed by atoms with van der Waals surface area (Å²) in [6.07, 6.45) is 3.85. The van der Waals surface area contributed by atoms with Crippen molar-refractivity contribution in [3.05, 3.63) is 46.4 Å². The van der Waals surface area contributed by atoms with Crippen LogP contribution in [-0.2, 0) is 11.2 Å². The quantitative estimate of drug-likeness (QED) is 0.705. The summed E-state index contributed by atoms with van der Waals surface area (Å²) in [4.78, 5) is 29.7. The van der Waals surface area contributed by atoms with E-state index in [2.05, 4.69) is 31.3 Å². The van der Waals surface area contributed by atoms with Gasteiger partial charge in [0.1, 0.15) is 5.01 Å². The number of carbonyl (C=O) groups is 1. The SMILES string of the molecule is O=C(Cc1csc(-c2ccsc2)n1)N1CCN(c2ncccn2)CC1. The molecule has 0 N–H and O–H groups in total. The third-order valence-corrected chi connectivity index (χ3v) is 5.74. The zero-order valence-electron chi connectivity index (χ0n) is 13.5. The number of rotatable bonds is 4. The molecule has 25 heavy (non-hydrogen) atoms. The van der Waals surface area contributed by atoms with Crippen molar-refractivity contribution in [3.63, 3.8) is 0 Å². The van der Waals surface area contributed by atoms with E-state index in [1.54, 1.807) is 35.1 Å². The molecule has 4 heterocycles. The van der Waals surface area contributed by atoms with Gasteiger partial charge < -0.3 is 9.80 Å². The highest BCUT2D eigenvalue weighted by molar-refractivity contribution is 7.14. The maximum atomic E-state index is 12.5. The topological polar surface area (TPSA) is 62.2 Å². The highest BCUT2D eigenvalue weighted by Crippen LogP contribution is 2.26. The van der Waals surface area contributed by atoms with Gasteiger partial charge in [-0.2, -0.15) is 11.3 Å². The van der Waals surface area contributed by atoms with Crippen LogP contribution in [0.25, 0.3) is 10.6 Å². The zero-order valence-corrected chi connectivity index (χ0v) is 15.2. The Balaban J connectivity index is 1.34. The second-order valence-electron chi connectivity index (χ2n) is 5.75. The van der Waals surface area contributed by atoms with Crippen molar-refractivity contribution in [2.24, 2.45) is 0 Å². The average molecular weight is 371 g/mol. The van der Waals surface area contributed by atoms with Crippen molar-refractivity contribution in [2.75, 3.05) is 31.1 Å². The van der Waals surface area contributed by atoms with E-state index in [1.165, 1.54) is 0 Å². The molecule has 8 heteroatoms. The largest absolute Gasteiger partial charge is 0.339 e. The van der Waals surface area contributed by atoms with Gasteiger partial charge in [0.2, 0.25) is 11.9 Å². The van der Waals surface area contributed by atoms with Crippen LogP contribution in [0.5, 0.6) is 0 Å². The summed E-state index contributed by atoms with van der Waals surface area (Å²) < 4.78 is 0. The van der Waals surface area contributed by atoms with Gasteiger partial charge in [0.05, 0.1) is 12.1 Å². The van der Waals surface area contributed by atoms with E-state index >= 15 is 0 Å². The van der Waals surface area contributed by atoms with Crippen molar-refractivity contribution in [2.45, 2.75) is 6.42 Å². The fourth-order valence-electron chi connectivity index (χ4n) is 2.78. The lowest BCUT2D eigenvalue weighted by molar-refractivity contribution is -0.130. The smallest absolute Gasteiger partial charge is 0.228 e. The minimum atomic E-state index is 0.135. The van der Waals surface area contributed by atoms with E-state index in [0.29, 0.717) is 19.5 Å². The Morgan fingerprint density at radius 2 is 1.92 bits per heavy atom. The van der Waals surface area contributed by atoms with Gasteiger partial charge in [-0.25, -0.2) is 15.0 Å². The first-order valence-electron chi connectivity index (χ1n) is 8.06. The van der Waals surface area contributed by atoms with Crippen molar-refractivity contribution in [1.82, 2.24) is 19.9 Å². The Morgan fingerprint density at radius 1 is 1.12 bits per heavy atom. The molecule has 1 amide bonds. The fourth-order valence-corrected chi connectivity index (χ4v) is 4.32. The molecule has 0 bridgehead atoms. The van der Waals surface area contributed by atoms with E-state index in [-0.39, 0.29) is 5.91 Å². The summed E-state index contributed by atoms with van der Waals surface area (Å²) in [6.45, 7) is 2.90. The predicted molar refractivity (Wildman–Crippen MR) is 100.0 cm³/mol. The van der Waals surface area contributed by atoms with E-state index in [4.69, 9.17) is 0 Å². The van der Waals surface area contributed by atoms with Gasteiger partial charge in [-0.1, -0.05) is 0 Å². The summed E-state index contributed by atoms with van der Waals surface area (Å²) in [7, 11) is 0. The third kappa shape index (κ3) is 3.69. The Bertz CT molecular complexity index is 826. The predicted octanol–water partition coefficient (Wildman–Crippen LogP) is 2.55. The first kappa shape index (κ1) is 16.2. The summed E-state index contributed by atoms with van der Waals surface area (Å²) in [5, 5.41) is 7.08. The van der Waals surface area contributed by atoms with Crippen LogP contribution < -0.4 is 4.90 Å². The van der Waals surface area contributed by atoms with Crippen LogP contribution in [-0.4, -0.2) is 51.9 Å². The number of aromatic nitrogens is 3. The number of hydrogen-bond acceptors (Lipinski definition) is 7. The molecular weight excluding hydrogens is 354 g/mol. The number of carbonyl (C=O) groups excluding carboxylic acids is 1. The van der Waals surface area contributed by atoms with Gasteiger partial charge in [0.15, 0.2) is 0 Å². The molecule has 0 unspecified atom stereocenters. The molecular formula is C17H17N5OS2. The van der Waals surface area contributed by atoms with Crippen LogP contribution in [0.3, 0.4) is 0 Å². The molecule has 0 saturated carbocycles. The highest BCUT2D eigenvalue weighted by atomic mass is 32.1. The van der Waals surface area contributed by atoms with Crippen LogP contribution in [0.4, 0.5) is 5.95 Å². The molecule has 0 radical (unpaired) electrons. The molecule has 1 aliphatic heterocycles. The molecule has 128 valence electrons. The zero-order chi connectivity index (χ0) is 17.1. The number of nitrogens with zero attached hydrogens (tertiary/aromatic N) is 5. The molecule has 3 aromatic heterocycles. The molecule has 1 saturated heterocycles. The van der Waals surface area contributed by atoms with Crippen LogP contribution in [0.2, 0.25) is 0 Å². The lowest BCUT2D eigenvalue weighted by Crippen LogP contribution is -2.49. The van der Waals surface area contributed by atoms with Crippen molar-refractivity contribution in [3.8, 4) is 10.6 Å². The number of thiazole rings is 1. The van der Waals surface area contributed by atoms with E-state index in [0.717, 1.165) is 35.3 Å². The van der Waals surface area contributed by atoms with Gasteiger partial charge >= 0.3 is 0 Å². The number of piperazine rings is 1. The normalized spacial score (nSPS) is 14.7. The van der Waals surface area contributed by atoms with E-state index < -0.39 is 0 Å². The minimum Gasteiger partial charge on any atom is -0.339 e. The van der Waals surface area contributed by atoms with E-state index in [1.807, 2.05) is 21.7 Å². The molecule has 1 aliphatic rings. The van der Waals surface area contributed by atoms with Gasteiger partial charge in [-0.3, -0.25) is 4.79 Å². The van der Waals surface area contributed by atoms with Crippen molar-refractivity contribution < 1.29 is 4.79 Å². The van der Waals surface area contributed by atoms with Crippen LogP contribution >= 0.6 is 22.7 Å². The number of hydrogen-bond donors (Lipinski definition) is 0. The minimum absolute atomic E-state index is 0.135. The summed E-state index contributed by atoms with van der Waals surface area (Å²) >= 11 is 3.25. The summed E-state index contributed by atoms with van der Waals surface area (Å²) in [6, 6.07) is 3.86. The van der Waals surface area contributed by atoms with Gasteiger partial charge in [0.25, 0.3) is 0 Å². The molecule has 0 aliphatic carbocycles. The maximum Gasteiger partial charge on any atom is 0.228 e. The van der Waals surface area contributed by atoms with Crippen molar-refractivity contribution in [1.29, 1.82) is 0 Å². The molecule has 4 rings (SSSR count). The third-order valence-electron chi connectivity index (χ3n) is 4.12.